The van der Waals surface area contributed by atoms with E-state index < -0.39 is 0 Å². The molecule has 0 spiro atoms. The van der Waals surface area contributed by atoms with E-state index in [0.717, 1.165) is 37.1 Å². The van der Waals surface area contributed by atoms with Crippen LogP contribution >= 0.6 is 0 Å². The van der Waals surface area contributed by atoms with Gasteiger partial charge in [0.15, 0.2) is 0 Å². The van der Waals surface area contributed by atoms with Crippen LogP contribution in [0.4, 0.5) is 10.5 Å². The third-order valence-electron chi connectivity index (χ3n) is 3.87. The number of pyridine rings is 1. The summed E-state index contributed by atoms with van der Waals surface area (Å²) in [5, 5.41) is 12.8. The fraction of sp³-hybridized carbons (Fsp3) is 0.600. The first kappa shape index (κ1) is 14.8. The maximum absolute atomic E-state index is 12.1. The first-order valence-corrected chi connectivity index (χ1v) is 7.19. The summed E-state index contributed by atoms with van der Waals surface area (Å²) in [6, 6.07) is 3.46. The quantitative estimate of drug-likeness (QED) is 0.891. The van der Waals surface area contributed by atoms with E-state index in [1.807, 2.05) is 13.0 Å². The van der Waals surface area contributed by atoms with E-state index in [2.05, 4.69) is 10.3 Å². The predicted molar refractivity (Wildman–Crippen MR) is 78.6 cm³/mol. The van der Waals surface area contributed by atoms with E-state index in [1.54, 1.807) is 24.2 Å². The normalized spacial score (nSPS) is 22.4. The molecule has 2 atom stereocenters. The van der Waals surface area contributed by atoms with Crippen LogP contribution in [0, 0.1) is 12.8 Å². The molecule has 1 aromatic rings. The van der Waals surface area contributed by atoms with Gasteiger partial charge in [-0.05, 0) is 31.9 Å². The zero-order chi connectivity index (χ0) is 14.5. The number of carbonyl (C=O) groups excluding carboxylic acids is 1. The molecule has 110 valence electrons. The second kappa shape index (κ2) is 6.70. The molecule has 0 aliphatic heterocycles. The molecule has 5 heteroatoms. The summed E-state index contributed by atoms with van der Waals surface area (Å²) in [6.07, 6.45) is 5.47. The van der Waals surface area contributed by atoms with E-state index in [0.29, 0.717) is 6.54 Å². The standard InChI is InChI=1S/C15H23N3O2/c1-11-9-13(7-8-16-11)17-15(20)18(2)10-12-5-3-4-6-14(12)19/h7-9,12,14,19H,3-6,10H2,1-2H3,(H,16,17,20). The van der Waals surface area contributed by atoms with Crippen molar-refractivity contribution >= 4 is 11.7 Å². The van der Waals surface area contributed by atoms with Crippen molar-refractivity contribution in [1.29, 1.82) is 0 Å². The lowest BCUT2D eigenvalue weighted by atomic mass is 9.86. The topological polar surface area (TPSA) is 65.5 Å². The number of amides is 2. The monoisotopic (exact) mass is 277 g/mol. The zero-order valence-corrected chi connectivity index (χ0v) is 12.2. The van der Waals surface area contributed by atoms with Gasteiger partial charge in [-0.1, -0.05) is 12.8 Å². The molecule has 2 unspecified atom stereocenters. The van der Waals surface area contributed by atoms with Gasteiger partial charge in [0.1, 0.15) is 0 Å². The van der Waals surface area contributed by atoms with Gasteiger partial charge < -0.3 is 15.3 Å². The number of nitrogens with one attached hydrogen (secondary N) is 1. The van der Waals surface area contributed by atoms with Crippen LogP contribution in [-0.4, -0.2) is 40.7 Å². The molecule has 2 N–H and O–H groups in total. The second-order valence-corrected chi connectivity index (χ2v) is 5.61. The molecule has 2 rings (SSSR count). The summed E-state index contributed by atoms with van der Waals surface area (Å²) >= 11 is 0. The fourth-order valence-corrected chi connectivity index (χ4v) is 2.68. The third-order valence-corrected chi connectivity index (χ3v) is 3.87. The maximum Gasteiger partial charge on any atom is 0.321 e. The average Bonchev–Trinajstić information content (AvgIpc) is 2.41. The number of nitrogens with zero attached hydrogens (tertiary/aromatic N) is 2. The van der Waals surface area contributed by atoms with Crippen molar-refractivity contribution in [3.8, 4) is 0 Å². The van der Waals surface area contributed by atoms with Crippen LogP contribution in [0.5, 0.6) is 0 Å². The number of aliphatic hydroxyl groups excluding tert-OH is 1. The minimum absolute atomic E-state index is 0.145. The number of aromatic nitrogens is 1. The Morgan fingerprint density at radius 2 is 2.25 bits per heavy atom. The molecule has 20 heavy (non-hydrogen) atoms. The van der Waals surface area contributed by atoms with Crippen LogP contribution in [0.1, 0.15) is 31.4 Å². The number of hydrogen-bond acceptors (Lipinski definition) is 3. The molecule has 5 nitrogen and oxygen atoms in total. The summed E-state index contributed by atoms with van der Waals surface area (Å²) in [5.41, 5.74) is 1.62. The molecule has 2 amide bonds. The maximum atomic E-state index is 12.1. The molecule has 1 saturated carbocycles. The molecule has 1 aromatic heterocycles. The Bertz CT molecular complexity index is 464. The Kier molecular flexibility index (Phi) is 4.95. The fourth-order valence-electron chi connectivity index (χ4n) is 2.68. The lowest BCUT2D eigenvalue weighted by Crippen LogP contribution is -2.40. The van der Waals surface area contributed by atoms with E-state index in [4.69, 9.17) is 0 Å². The van der Waals surface area contributed by atoms with Crippen molar-refractivity contribution in [2.75, 3.05) is 18.9 Å². The highest BCUT2D eigenvalue weighted by atomic mass is 16.3. The van der Waals surface area contributed by atoms with Crippen molar-refractivity contribution in [1.82, 2.24) is 9.88 Å². The van der Waals surface area contributed by atoms with Crippen LogP contribution in [0.25, 0.3) is 0 Å². The Morgan fingerprint density at radius 3 is 2.95 bits per heavy atom. The van der Waals surface area contributed by atoms with Crippen LogP contribution in [0.3, 0.4) is 0 Å². The molecule has 0 aromatic carbocycles. The van der Waals surface area contributed by atoms with Gasteiger partial charge in [-0.25, -0.2) is 4.79 Å². The van der Waals surface area contributed by atoms with Gasteiger partial charge in [-0.2, -0.15) is 0 Å². The highest BCUT2D eigenvalue weighted by molar-refractivity contribution is 5.89. The van der Waals surface area contributed by atoms with Crippen LogP contribution < -0.4 is 5.32 Å². The van der Waals surface area contributed by atoms with Gasteiger partial charge in [0.25, 0.3) is 0 Å². The SMILES string of the molecule is Cc1cc(NC(=O)N(C)CC2CCCCC2O)ccn1. The second-order valence-electron chi connectivity index (χ2n) is 5.61. The summed E-state index contributed by atoms with van der Waals surface area (Å²) in [4.78, 5) is 17.9. The highest BCUT2D eigenvalue weighted by Crippen LogP contribution is 2.25. The molecule has 1 aliphatic carbocycles. The smallest absolute Gasteiger partial charge is 0.321 e. The third kappa shape index (κ3) is 3.93. The largest absolute Gasteiger partial charge is 0.393 e. The molecule has 1 heterocycles. The molecular formula is C15H23N3O2. The van der Waals surface area contributed by atoms with Crippen molar-refractivity contribution < 1.29 is 9.90 Å². The van der Waals surface area contributed by atoms with Gasteiger partial charge in [0, 0.05) is 37.1 Å². The van der Waals surface area contributed by atoms with E-state index >= 15 is 0 Å². The Balaban J connectivity index is 1.88. The number of aryl methyl sites for hydroxylation is 1. The lowest BCUT2D eigenvalue weighted by Gasteiger charge is -2.31. The van der Waals surface area contributed by atoms with E-state index in [1.165, 1.54) is 0 Å². The Labute approximate surface area is 120 Å². The number of rotatable bonds is 3. The minimum atomic E-state index is -0.276. The van der Waals surface area contributed by atoms with Gasteiger partial charge in [-0.15, -0.1) is 0 Å². The Hall–Kier alpha value is -1.62. The lowest BCUT2D eigenvalue weighted by molar-refractivity contribution is 0.0575. The first-order valence-electron chi connectivity index (χ1n) is 7.19. The minimum Gasteiger partial charge on any atom is -0.393 e. The van der Waals surface area contributed by atoms with Crippen LogP contribution in [0.15, 0.2) is 18.3 Å². The molecule has 0 saturated heterocycles. The highest BCUT2D eigenvalue weighted by Gasteiger charge is 2.25. The number of anilines is 1. The van der Waals surface area contributed by atoms with Gasteiger partial charge in [0.05, 0.1) is 6.10 Å². The van der Waals surface area contributed by atoms with E-state index in [-0.39, 0.29) is 18.1 Å². The molecule has 1 aliphatic rings. The summed E-state index contributed by atoms with van der Waals surface area (Å²) < 4.78 is 0. The number of carbonyl (C=O) groups is 1. The van der Waals surface area contributed by atoms with Crippen LogP contribution in [0.2, 0.25) is 0 Å². The number of urea groups is 1. The van der Waals surface area contributed by atoms with Gasteiger partial charge in [-0.3, -0.25) is 4.98 Å². The van der Waals surface area contributed by atoms with Crippen LogP contribution in [-0.2, 0) is 0 Å². The van der Waals surface area contributed by atoms with Crippen molar-refractivity contribution in [3.63, 3.8) is 0 Å². The van der Waals surface area contributed by atoms with Gasteiger partial charge in [0.2, 0.25) is 0 Å². The van der Waals surface area contributed by atoms with Crippen molar-refractivity contribution in [2.24, 2.45) is 5.92 Å². The number of hydrogen-bond donors (Lipinski definition) is 2. The molecule has 0 bridgehead atoms. The summed E-state index contributed by atoms with van der Waals surface area (Å²) in [5.74, 6) is 0.193. The molecule has 1 fully saturated rings. The number of aliphatic hydroxyl groups is 1. The first-order chi connectivity index (χ1) is 9.56. The molecule has 0 radical (unpaired) electrons. The van der Waals surface area contributed by atoms with Crippen molar-refractivity contribution in [2.45, 2.75) is 38.7 Å². The van der Waals surface area contributed by atoms with E-state index in [9.17, 15) is 9.90 Å². The predicted octanol–water partition coefficient (Wildman–Crippen LogP) is 2.40. The summed E-state index contributed by atoms with van der Waals surface area (Å²) in [6.45, 7) is 2.48. The van der Waals surface area contributed by atoms with Crippen molar-refractivity contribution in [3.05, 3.63) is 24.0 Å². The zero-order valence-electron chi connectivity index (χ0n) is 12.2. The summed E-state index contributed by atoms with van der Waals surface area (Å²) in [7, 11) is 1.77. The Morgan fingerprint density at radius 1 is 1.50 bits per heavy atom. The molecular weight excluding hydrogens is 254 g/mol. The average molecular weight is 277 g/mol. The van der Waals surface area contributed by atoms with Gasteiger partial charge >= 0.3 is 6.03 Å².